The Morgan fingerprint density at radius 1 is 1.13 bits per heavy atom. The molecule has 0 fully saturated rings. The van der Waals surface area contributed by atoms with Crippen molar-refractivity contribution in [1.82, 2.24) is 0 Å². The molecule has 0 aromatic heterocycles. The average molecular weight is 226 g/mol. The molecule has 7 nitrogen and oxygen atoms in total. The van der Waals surface area contributed by atoms with Crippen molar-refractivity contribution in [2.45, 2.75) is 37.6 Å². The van der Waals surface area contributed by atoms with Gasteiger partial charge < -0.3 is 35.4 Å². The summed E-state index contributed by atoms with van der Waals surface area (Å²) in [5.74, 6) is -2.16. The summed E-state index contributed by atoms with van der Waals surface area (Å²) in [5, 5.41) is 54.0. The van der Waals surface area contributed by atoms with Gasteiger partial charge in [0.05, 0.1) is 13.2 Å². The highest BCUT2D eigenvalue weighted by Gasteiger charge is 2.38. The molecule has 0 aliphatic carbocycles. The molecule has 0 rings (SSSR count). The van der Waals surface area contributed by atoms with Gasteiger partial charge in [-0.3, -0.25) is 0 Å². The molecule has 0 saturated carbocycles. The average Bonchev–Trinajstić information content (AvgIpc) is 2.26. The summed E-state index contributed by atoms with van der Waals surface area (Å²) in [6, 6.07) is 0. The standard InChI is InChI=1S/C8H18O7/c1-2-8(14,6(12)4-10)15-7(13)5(11)3-9/h5-7,9-14H,2-4H2,1H3. The van der Waals surface area contributed by atoms with E-state index in [1.165, 1.54) is 6.92 Å². The Morgan fingerprint density at radius 3 is 2.00 bits per heavy atom. The van der Waals surface area contributed by atoms with E-state index in [4.69, 9.17) is 20.4 Å². The Morgan fingerprint density at radius 2 is 1.67 bits per heavy atom. The van der Waals surface area contributed by atoms with Crippen LogP contribution in [0, 0.1) is 0 Å². The molecular formula is C8H18O7. The summed E-state index contributed by atoms with van der Waals surface area (Å²) >= 11 is 0. The first-order valence-electron chi connectivity index (χ1n) is 4.57. The molecular weight excluding hydrogens is 208 g/mol. The Labute approximate surface area is 87.2 Å². The molecule has 4 atom stereocenters. The second kappa shape index (κ2) is 6.33. The molecule has 0 aliphatic heterocycles. The first-order chi connectivity index (χ1) is 6.91. The maximum atomic E-state index is 9.62. The van der Waals surface area contributed by atoms with E-state index in [9.17, 15) is 10.2 Å². The summed E-state index contributed by atoms with van der Waals surface area (Å²) in [6.45, 7) is -0.0562. The van der Waals surface area contributed by atoms with E-state index in [0.29, 0.717) is 0 Å². The van der Waals surface area contributed by atoms with Crippen molar-refractivity contribution in [3.8, 4) is 0 Å². The lowest BCUT2D eigenvalue weighted by molar-refractivity contribution is -0.335. The van der Waals surface area contributed by atoms with Crippen molar-refractivity contribution in [3.63, 3.8) is 0 Å². The van der Waals surface area contributed by atoms with E-state index in [1.807, 2.05) is 0 Å². The summed E-state index contributed by atoms with van der Waals surface area (Å²) in [7, 11) is 0. The first kappa shape index (κ1) is 14.7. The fourth-order valence-corrected chi connectivity index (χ4v) is 0.918. The van der Waals surface area contributed by atoms with Crippen LogP contribution in [0.5, 0.6) is 0 Å². The number of ether oxygens (including phenoxy) is 1. The number of rotatable bonds is 7. The zero-order valence-corrected chi connectivity index (χ0v) is 8.44. The lowest BCUT2D eigenvalue weighted by atomic mass is 10.1. The lowest BCUT2D eigenvalue weighted by Crippen LogP contribution is -2.51. The quantitative estimate of drug-likeness (QED) is 0.257. The van der Waals surface area contributed by atoms with Gasteiger partial charge in [0.2, 0.25) is 0 Å². The van der Waals surface area contributed by atoms with Gasteiger partial charge in [-0.2, -0.15) is 0 Å². The molecule has 0 bridgehead atoms. The maximum absolute atomic E-state index is 9.62. The van der Waals surface area contributed by atoms with Gasteiger partial charge in [-0.1, -0.05) is 6.92 Å². The summed E-state index contributed by atoms with van der Waals surface area (Å²) in [5.41, 5.74) is 0. The number of aliphatic hydroxyl groups excluding tert-OH is 5. The van der Waals surface area contributed by atoms with Crippen LogP contribution in [-0.4, -0.2) is 68.1 Å². The molecule has 0 spiro atoms. The van der Waals surface area contributed by atoms with E-state index < -0.39 is 37.5 Å². The van der Waals surface area contributed by atoms with Gasteiger partial charge in [0.25, 0.3) is 0 Å². The third kappa shape index (κ3) is 3.99. The monoisotopic (exact) mass is 226 g/mol. The molecule has 0 radical (unpaired) electrons. The van der Waals surface area contributed by atoms with Crippen molar-refractivity contribution in [3.05, 3.63) is 0 Å². The zero-order chi connectivity index (χ0) is 12.1. The third-order valence-electron chi connectivity index (χ3n) is 2.04. The predicted molar refractivity (Wildman–Crippen MR) is 48.5 cm³/mol. The Balaban J connectivity index is 4.42. The van der Waals surface area contributed by atoms with Crippen LogP contribution in [0.15, 0.2) is 0 Å². The topological polar surface area (TPSA) is 131 Å². The van der Waals surface area contributed by atoms with Gasteiger partial charge >= 0.3 is 0 Å². The molecule has 0 saturated heterocycles. The van der Waals surface area contributed by atoms with Crippen LogP contribution in [0.4, 0.5) is 0 Å². The van der Waals surface area contributed by atoms with Gasteiger partial charge in [0.15, 0.2) is 12.1 Å². The van der Waals surface area contributed by atoms with Gasteiger partial charge in [-0.15, -0.1) is 0 Å². The van der Waals surface area contributed by atoms with Crippen molar-refractivity contribution >= 4 is 0 Å². The summed E-state index contributed by atoms with van der Waals surface area (Å²) < 4.78 is 4.58. The number of aliphatic hydroxyl groups is 6. The molecule has 0 aromatic carbocycles. The molecule has 92 valence electrons. The van der Waals surface area contributed by atoms with Crippen LogP contribution >= 0.6 is 0 Å². The molecule has 0 aromatic rings. The Hall–Kier alpha value is -0.280. The number of hydrogen-bond acceptors (Lipinski definition) is 7. The van der Waals surface area contributed by atoms with Crippen molar-refractivity contribution in [1.29, 1.82) is 0 Å². The molecule has 15 heavy (non-hydrogen) atoms. The highest BCUT2D eigenvalue weighted by molar-refractivity contribution is 4.76. The predicted octanol–water partition coefficient (Wildman–Crippen LogP) is -2.87. The van der Waals surface area contributed by atoms with E-state index >= 15 is 0 Å². The summed E-state index contributed by atoms with van der Waals surface area (Å²) in [4.78, 5) is 0. The van der Waals surface area contributed by atoms with Gasteiger partial charge in [-0.05, 0) is 0 Å². The van der Waals surface area contributed by atoms with Gasteiger partial charge in [0, 0.05) is 6.42 Å². The normalized spacial score (nSPS) is 21.8. The van der Waals surface area contributed by atoms with Crippen LogP contribution in [0.3, 0.4) is 0 Å². The second-order valence-electron chi connectivity index (χ2n) is 3.16. The molecule has 7 heteroatoms. The van der Waals surface area contributed by atoms with E-state index in [1.54, 1.807) is 0 Å². The van der Waals surface area contributed by atoms with E-state index in [2.05, 4.69) is 4.74 Å². The van der Waals surface area contributed by atoms with Crippen LogP contribution < -0.4 is 0 Å². The first-order valence-corrected chi connectivity index (χ1v) is 4.57. The Bertz CT molecular complexity index is 176. The Kier molecular flexibility index (Phi) is 6.22. The minimum Gasteiger partial charge on any atom is -0.393 e. The summed E-state index contributed by atoms with van der Waals surface area (Å²) in [6.07, 6.45) is -5.15. The van der Waals surface area contributed by atoms with Crippen molar-refractivity contribution in [2.75, 3.05) is 13.2 Å². The highest BCUT2D eigenvalue weighted by Crippen LogP contribution is 2.19. The van der Waals surface area contributed by atoms with Gasteiger partial charge in [0.1, 0.15) is 12.2 Å². The zero-order valence-electron chi connectivity index (χ0n) is 8.44. The SMILES string of the molecule is CCC(O)(OC(O)C(O)CO)C(O)CO. The third-order valence-corrected chi connectivity index (χ3v) is 2.04. The van der Waals surface area contributed by atoms with Crippen molar-refractivity contribution < 1.29 is 35.4 Å². The van der Waals surface area contributed by atoms with Crippen LogP contribution in [-0.2, 0) is 4.74 Å². The van der Waals surface area contributed by atoms with Gasteiger partial charge in [-0.25, -0.2) is 0 Å². The molecule has 0 heterocycles. The van der Waals surface area contributed by atoms with Crippen LogP contribution in [0.25, 0.3) is 0 Å². The highest BCUT2D eigenvalue weighted by atomic mass is 16.7. The minimum atomic E-state index is -2.16. The fraction of sp³-hybridized carbons (Fsp3) is 1.00. The minimum absolute atomic E-state index is 0.107. The van der Waals surface area contributed by atoms with Crippen LogP contribution in [0.2, 0.25) is 0 Å². The molecule has 4 unspecified atom stereocenters. The van der Waals surface area contributed by atoms with Crippen LogP contribution in [0.1, 0.15) is 13.3 Å². The second-order valence-corrected chi connectivity index (χ2v) is 3.16. The van der Waals surface area contributed by atoms with E-state index in [-0.39, 0.29) is 6.42 Å². The maximum Gasteiger partial charge on any atom is 0.196 e. The fourth-order valence-electron chi connectivity index (χ4n) is 0.918. The number of hydrogen-bond donors (Lipinski definition) is 6. The van der Waals surface area contributed by atoms with E-state index in [0.717, 1.165) is 0 Å². The molecule has 0 aliphatic rings. The lowest BCUT2D eigenvalue weighted by Gasteiger charge is -2.33. The molecule has 6 N–H and O–H groups in total. The molecule has 0 amide bonds. The van der Waals surface area contributed by atoms with Crippen molar-refractivity contribution in [2.24, 2.45) is 0 Å². The largest absolute Gasteiger partial charge is 0.393 e. The smallest absolute Gasteiger partial charge is 0.196 e.